The molecule has 2 aromatic rings. The van der Waals surface area contributed by atoms with Crippen molar-refractivity contribution in [1.82, 2.24) is 10.3 Å². The molecule has 1 N–H and O–H groups in total. The maximum absolute atomic E-state index is 11.7. The molecule has 0 aliphatic carbocycles. The fraction of sp³-hybridized carbons (Fsp3) is 0.231. The fourth-order valence-electron chi connectivity index (χ4n) is 1.51. The summed E-state index contributed by atoms with van der Waals surface area (Å²) in [5, 5.41) is 3.96. The van der Waals surface area contributed by atoms with Crippen LogP contribution in [0.5, 0.6) is 0 Å². The second kappa shape index (κ2) is 5.59. The van der Waals surface area contributed by atoms with Gasteiger partial charge in [-0.1, -0.05) is 18.2 Å². The van der Waals surface area contributed by atoms with Gasteiger partial charge in [0.15, 0.2) is 0 Å². The Morgan fingerprint density at radius 3 is 2.76 bits per heavy atom. The van der Waals surface area contributed by atoms with Crippen molar-refractivity contribution in [3.8, 4) is 0 Å². The van der Waals surface area contributed by atoms with Gasteiger partial charge in [0.2, 0.25) is 0 Å². The van der Waals surface area contributed by atoms with Gasteiger partial charge >= 0.3 is 0 Å². The Morgan fingerprint density at radius 2 is 2.12 bits per heavy atom. The van der Waals surface area contributed by atoms with Crippen LogP contribution in [0.3, 0.4) is 0 Å². The minimum Gasteiger partial charge on any atom is -0.352 e. The molecule has 3 nitrogen and oxygen atoms in total. The quantitative estimate of drug-likeness (QED) is 0.900. The number of aromatic nitrogens is 1. The van der Waals surface area contributed by atoms with Crippen molar-refractivity contribution in [2.75, 3.05) is 6.54 Å². The highest BCUT2D eigenvalue weighted by molar-refractivity contribution is 7.11. The molecule has 0 bridgehead atoms. The number of nitrogens with one attached hydrogen (secondary N) is 1. The number of hydrogen-bond acceptors (Lipinski definition) is 3. The predicted octanol–water partition coefficient (Wildman–Crippen LogP) is 2.42. The zero-order valence-corrected chi connectivity index (χ0v) is 10.5. The summed E-state index contributed by atoms with van der Waals surface area (Å²) >= 11 is 1.67. The highest BCUT2D eigenvalue weighted by atomic mass is 32.1. The molecule has 0 spiro atoms. The molecule has 0 radical (unpaired) electrons. The molecule has 0 aliphatic heterocycles. The first-order chi connectivity index (χ1) is 8.25. The minimum atomic E-state index is -0.0214. The normalized spacial score (nSPS) is 10.2. The molecule has 1 amide bonds. The summed E-state index contributed by atoms with van der Waals surface area (Å²) in [5.74, 6) is -0.0214. The summed E-state index contributed by atoms with van der Waals surface area (Å²) in [4.78, 5) is 17.1. The average molecular weight is 246 g/mol. The van der Waals surface area contributed by atoms with Crippen LogP contribution >= 0.6 is 11.3 Å². The zero-order chi connectivity index (χ0) is 12.1. The third kappa shape index (κ3) is 3.39. The van der Waals surface area contributed by atoms with Gasteiger partial charge in [-0.15, -0.1) is 11.3 Å². The summed E-state index contributed by atoms with van der Waals surface area (Å²) in [7, 11) is 0. The van der Waals surface area contributed by atoms with Gasteiger partial charge < -0.3 is 5.32 Å². The molecule has 0 unspecified atom stereocenters. The molecule has 1 aromatic carbocycles. The molecule has 0 saturated carbocycles. The molecular weight excluding hydrogens is 232 g/mol. The monoisotopic (exact) mass is 246 g/mol. The molecule has 4 heteroatoms. The van der Waals surface area contributed by atoms with Crippen molar-refractivity contribution in [3.63, 3.8) is 0 Å². The van der Waals surface area contributed by atoms with Crippen LogP contribution in [-0.4, -0.2) is 17.4 Å². The number of amides is 1. The van der Waals surface area contributed by atoms with E-state index in [0.29, 0.717) is 12.1 Å². The number of carbonyl (C=O) groups is 1. The lowest BCUT2D eigenvalue weighted by molar-refractivity contribution is 0.0954. The highest BCUT2D eigenvalue weighted by Crippen LogP contribution is 2.11. The maximum atomic E-state index is 11.7. The number of aryl methyl sites for hydroxylation is 1. The van der Waals surface area contributed by atoms with Crippen molar-refractivity contribution < 1.29 is 4.79 Å². The second-order valence-electron chi connectivity index (χ2n) is 3.72. The Labute approximate surface area is 105 Å². The van der Waals surface area contributed by atoms with Crippen molar-refractivity contribution in [2.24, 2.45) is 0 Å². The Kier molecular flexibility index (Phi) is 3.88. The molecule has 17 heavy (non-hydrogen) atoms. The Morgan fingerprint density at radius 1 is 1.35 bits per heavy atom. The van der Waals surface area contributed by atoms with E-state index >= 15 is 0 Å². The highest BCUT2D eigenvalue weighted by Gasteiger charge is 2.04. The molecule has 88 valence electrons. The van der Waals surface area contributed by atoms with Gasteiger partial charge in [0.1, 0.15) is 0 Å². The molecule has 2 rings (SSSR count). The SMILES string of the molecule is Cc1ncc(CCNC(=O)c2ccccc2)s1. The molecule has 1 aromatic heterocycles. The van der Waals surface area contributed by atoms with Gasteiger partial charge in [-0.05, 0) is 19.1 Å². The lowest BCUT2D eigenvalue weighted by atomic mass is 10.2. The summed E-state index contributed by atoms with van der Waals surface area (Å²) < 4.78 is 0. The van der Waals surface area contributed by atoms with Crippen LogP contribution in [0.4, 0.5) is 0 Å². The first kappa shape index (κ1) is 11.8. The summed E-state index contributed by atoms with van der Waals surface area (Å²) in [6.07, 6.45) is 2.71. The third-order valence-corrected chi connectivity index (χ3v) is 3.33. The Bertz CT molecular complexity index is 493. The van der Waals surface area contributed by atoms with Crippen LogP contribution in [0.25, 0.3) is 0 Å². The first-order valence-corrected chi connectivity index (χ1v) is 6.32. The largest absolute Gasteiger partial charge is 0.352 e. The molecule has 0 aliphatic rings. The molecule has 0 saturated heterocycles. The van der Waals surface area contributed by atoms with Crippen LogP contribution in [0, 0.1) is 6.92 Å². The molecular formula is C13H14N2OS. The lowest BCUT2D eigenvalue weighted by Crippen LogP contribution is -2.25. The van der Waals surface area contributed by atoms with E-state index in [0.717, 1.165) is 11.4 Å². The molecule has 1 heterocycles. The fourth-order valence-corrected chi connectivity index (χ4v) is 2.31. The number of carbonyl (C=O) groups excluding carboxylic acids is 1. The molecule has 0 fully saturated rings. The van der Waals surface area contributed by atoms with Gasteiger partial charge in [0.25, 0.3) is 5.91 Å². The number of rotatable bonds is 4. The zero-order valence-electron chi connectivity index (χ0n) is 9.64. The van der Waals surface area contributed by atoms with E-state index in [1.165, 1.54) is 4.88 Å². The Balaban J connectivity index is 1.81. The van der Waals surface area contributed by atoms with E-state index in [1.54, 1.807) is 11.3 Å². The second-order valence-corrected chi connectivity index (χ2v) is 5.04. The van der Waals surface area contributed by atoms with E-state index in [1.807, 2.05) is 43.5 Å². The van der Waals surface area contributed by atoms with E-state index in [2.05, 4.69) is 10.3 Å². The van der Waals surface area contributed by atoms with Crippen LogP contribution in [0.15, 0.2) is 36.5 Å². The van der Waals surface area contributed by atoms with Crippen molar-refractivity contribution in [3.05, 3.63) is 52.0 Å². The topological polar surface area (TPSA) is 42.0 Å². The van der Waals surface area contributed by atoms with Crippen LogP contribution in [0.2, 0.25) is 0 Å². The van der Waals surface area contributed by atoms with E-state index in [9.17, 15) is 4.79 Å². The van der Waals surface area contributed by atoms with E-state index < -0.39 is 0 Å². The number of nitrogens with zero attached hydrogens (tertiary/aromatic N) is 1. The molecule has 0 atom stereocenters. The van der Waals surface area contributed by atoms with Gasteiger partial charge in [-0.3, -0.25) is 4.79 Å². The van der Waals surface area contributed by atoms with Crippen molar-refractivity contribution in [2.45, 2.75) is 13.3 Å². The van der Waals surface area contributed by atoms with Crippen LogP contribution < -0.4 is 5.32 Å². The third-order valence-electron chi connectivity index (χ3n) is 2.36. The van der Waals surface area contributed by atoms with Gasteiger partial charge in [0.05, 0.1) is 5.01 Å². The lowest BCUT2D eigenvalue weighted by Gasteiger charge is -2.03. The predicted molar refractivity (Wildman–Crippen MR) is 69.3 cm³/mol. The summed E-state index contributed by atoms with van der Waals surface area (Å²) in [6.45, 7) is 2.63. The van der Waals surface area contributed by atoms with Crippen LogP contribution in [-0.2, 0) is 6.42 Å². The number of thiazole rings is 1. The smallest absolute Gasteiger partial charge is 0.251 e. The van der Waals surface area contributed by atoms with Crippen molar-refractivity contribution >= 4 is 17.2 Å². The van der Waals surface area contributed by atoms with E-state index in [-0.39, 0.29) is 5.91 Å². The number of hydrogen-bond donors (Lipinski definition) is 1. The summed E-state index contributed by atoms with van der Waals surface area (Å²) in [5.41, 5.74) is 0.702. The first-order valence-electron chi connectivity index (χ1n) is 5.50. The van der Waals surface area contributed by atoms with Gasteiger partial charge in [-0.25, -0.2) is 4.98 Å². The van der Waals surface area contributed by atoms with Crippen molar-refractivity contribution in [1.29, 1.82) is 0 Å². The van der Waals surface area contributed by atoms with Gasteiger partial charge in [0, 0.05) is 29.6 Å². The Hall–Kier alpha value is -1.68. The average Bonchev–Trinajstić information content (AvgIpc) is 2.76. The minimum absolute atomic E-state index is 0.0214. The van der Waals surface area contributed by atoms with Crippen LogP contribution in [0.1, 0.15) is 20.2 Å². The number of benzene rings is 1. The van der Waals surface area contributed by atoms with Gasteiger partial charge in [-0.2, -0.15) is 0 Å². The maximum Gasteiger partial charge on any atom is 0.251 e. The summed E-state index contributed by atoms with van der Waals surface area (Å²) in [6, 6.07) is 9.25. The van der Waals surface area contributed by atoms with E-state index in [4.69, 9.17) is 0 Å². The standard InChI is InChI=1S/C13H14N2OS/c1-10-15-9-12(17-10)7-8-14-13(16)11-5-3-2-4-6-11/h2-6,9H,7-8H2,1H3,(H,14,16).